The smallest absolute Gasteiger partial charge is 0.338 e. The zero-order chi connectivity index (χ0) is 21.8. The molecule has 2 atom stereocenters. The maximum absolute atomic E-state index is 12.2. The minimum Gasteiger partial charge on any atom is -0.465 e. The maximum atomic E-state index is 12.2. The van der Waals surface area contributed by atoms with Gasteiger partial charge in [0.1, 0.15) is 17.6 Å². The molecule has 1 N–H and O–H groups in total. The number of nitrogens with zero attached hydrogens (tertiary/aromatic N) is 2. The summed E-state index contributed by atoms with van der Waals surface area (Å²) in [7, 11) is 3.02. The summed E-state index contributed by atoms with van der Waals surface area (Å²) in [6.07, 6.45) is 1.76. The molecule has 31 heavy (non-hydrogen) atoms. The van der Waals surface area contributed by atoms with E-state index in [1.807, 2.05) is 47.4 Å². The van der Waals surface area contributed by atoms with E-state index in [2.05, 4.69) is 10.3 Å². The van der Waals surface area contributed by atoms with Gasteiger partial charge in [0, 0.05) is 25.4 Å². The molecular weight excluding hydrogens is 414 g/mol. The van der Waals surface area contributed by atoms with Gasteiger partial charge in [-0.3, -0.25) is 4.98 Å². The van der Waals surface area contributed by atoms with Crippen LogP contribution in [0.25, 0.3) is 11.3 Å². The third-order valence-corrected chi connectivity index (χ3v) is 5.60. The summed E-state index contributed by atoms with van der Waals surface area (Å²) in [5.74, 6) is 0.888. The number of benzene rings is 1. The third kappa shape index (κ3) is 4.17. The van der Waals surface area contributed by atoms with E-state index in [4.69, 9.17) is 26.1 Å². The second-order valence-corrected chi connectivity index (χ2v) is 7.44. The molecule has 1 aliphatic heterocycles. The first-order chi connectivity index (χ1) is 15.1. The normalized spacial score (nSPS) is 18.1. The molecule has 1 saturated heterocycles. The highest BCUT2D eigenvalue weighted by Crippen LogP contribution is 2.40. The van der Waals surface area contributed by atoms with Crippen LogP contribution in [0.4, 0.5) is 0 Å². The lowest BCUT2D eigenvalue weighted by molar-refractivity contribution is 0.0601. The number of rotatable bonds is 7. The van der Waals surface area contributed by atoms with Gasteiger partial charge in [0.05, 0.1) is 31.0 Å². The molecule has 3 heterocycles. The molecule has 4 rings (SSSR count). The minimum atomic E-state index is -0.412. The third-order valence-electron chi connectivity index (χ3n) is 5.25. The average Bonchev–Trinajstić information content (AvgIpc) is 3.42. The van der Waals surface area contributed by atoms with Crippen LogP contribution in [0.1, 0.15) is 33.9 Å². The summed E-state index contributed by atoms with van der Waals surface area (Å²) >= 11 is 5.61. The van der Waals surface area contributed by atoms with Crippen LogP contribution in [0.2, 0.25) is 0 Å². The molecule has 0 bridgehead atoms. The van der Waals surface area contributed by atoms with Crippen LogP contribution in [0.15, 0.2) is 65.2 Å². The number of ether oxygens (including phenoxy) is 2. The van der Waals surface area contributed by atoms with Crippen LogP contribution in [-0.2, 0) is 9.47 Å². The maximum Gasteiger partial charge on any atom is 0.338 e. The van der Waals surface area contributed by atoms with E-state index in [0.29, 0.717) is 40.9 Å². The Morgan fingerprint density at radius 1 is 1.16 bits per heavy atom. The molecule has 1 aliphatic rings. The number of nitrogens with one attached hydrogen (secondary N) is 1. The Morgan fingerprint density at radius 2 is 1.97 bits per heavy atom. The largest absolute Gasteiger partial charge is 0.465 e. The quantitative estimate of drug-likeness (QED) is 0.442. The Morgan fingerprint density at radius 3 is 2.71 bits per heavy atom. The van der Waals surface area contributed by atoms with Gasteiger partial charge in [0.15, 0.2) is 5.11 Å². The number of carbonyl (C=O) groups is 1. The van der Waals surface area contributed by atoms with Crippen molar-refractivity contribution in [1.82, 2.24) is 15.2 Å². The number of thiocarbonyl (C=S) groups is 1. The van der Waals surface area contributed by atoms with Gasteiger partial charge < -0.3 is 24.1 Å². The molecular formula is C23H23N3O4S. The fourth-order valence-corrected chi connectivity index (χ4v) is 4.12. The molecule has 0 aliphatic carbocycles. The van der Waals surface area contributed by atoms with Gasteiger partial charge >= 0.3 is 5.97 Å². The van der Waals surface area contributed by atoms with E-state index in [0.717, 1.165) is 5.69 Å². The van der Waals surface area contributed by atoms with E-state index < -0.39 is 5.97 Å². The van der Waals surface area contributed by atoms with Crippen molar-refractivity contribution in [2.45, 2.75) is 12.1 Å². The molecule has 0 radical (unpaired) electrons. The summed E-state index contributed by atoms with van der Waals surface area (Å²) in [5.41, 5.74) is 1.98. The van der Waals surface area contributed by atoms with Gasteiger partial charge in [-0.25, -0.2) is 4.79 Å². The van der Waals surface area contributed by atoms with Crippen molar-refractivity contribution in [3.8, 4) is 11.3 Å². The highest BCUT2D eigenvalue weighted by atomic mass is 32.1. The van der Waals surface area contributed by atoms with Gasteiger partial charge in [-0.05, 0) is 42.5 Å². The van der Waals surface area contributed by atoms with Crippen LogP contribution in [0.5, 0.6) is 0 Å². The summed E-state index contributed by atoms with van der Waals surface area (Å²) in [4.78, 5) is 18.8. The highest BCUT2D eigenvalue weighted by molar-refractivity contribution is 7.80. The predicted octanol–water partition coefficient (Wildman–Crippen LogP) is 3.75. The highest BCUT2D eigenvalue weighted by Gasteiger charge is 2.41. The van der Waals surface area contributed by atoms with Crippen LogP contribution in [-0.4, -0.2) is 48.3 Å². The molecule has 8 heteroatoms. The molecule has 2 unspecified atom stereocenters. The van der Waals surface area contributed by atoms with Crippen LogP contribution in [0.3, 0.4) is 0 Å². The number of pyridine rings is 1. The average molecular weight is 438 g/mol. The molecule has 1 fully saturated rings. The summed E-state index contributed by atoms with van der Waals surface area (Å²) < 4.78 is 16.5. The van der Waals surface area contributed by atoms with E-state index >= 15 is 0 Å². The van der Waals surface area contributed by atoms with Crippen molar-refractivity contribution in [2.24, 2.45) is 0 Å². The lowest BCUT2D eigenvalue weighted by Gasteiger charge is -2.25. The molecule has 0 amide bonds. The Labute approximate surface area is 186 Å². The van der Waals surface area contributed by atoms with Crippen molar-refractivity contribution in [1.29, 1.82) is 0 Å². The standard InChI is InChI=1S/C23H23N3O4S/c1-28-14-13-26-21(20(25-23(26)31)17-9-5-6-12-24-17)19-11-10-18(30-19)15-7-3-4-8-16(15)22(27)29-2/h3-12,20-21H,13-14H2,1-2H3,(H,25,31). The van der Waals surface area contributed by atoms with Crippen molar-refractivity contribution >= 4 is 23.3 Å². The molecule has 0 spiro atoms. The summed E-state index contributed by atoms with van der Waals surface area (Å²) in [5, 5.41) is 3.99. The van der Waals surface area contributed by atoms with Gasteiger partial charge in [-0.2, -0.15) is 0 Å². The Kier molecular flexibility index (Phi) is 6.29. The molecule has 3 aromatic rings. The van der Waals surface area contributed by atoms with E-state index in [9.17, 15) is 4.79 Å². The van der Waals surface area contributed by atoms with Gasteiger partial charge in [0.2, 0.25) is 0 Å². The van der Waals surface area contributed by atoms with E-state index in [-0.39, 0.29) is 12.1 Å². The SMILES string of the molecule is COCCN1C(=S)NC(c2ccccn2)C1c1ccc(-c2ccccc2C(=O)OC)o1. The number of methoxy groups -OCH3 is 2. The number of hydrogen-bond acceptors (Lipinski definition) is 6. The first-order valence-corrected chi connectivity index (χ1v) is 10.3. The number of aromatic nitrogens is 1. The second kappa shape index (κ2) is 9.28. The predicted molar refractivity (Wildman–Crippen MR) is 120 cm³/mol. The fraction of sp³-hybridized carbons (Fsp3) is 0.261. The molecule has 7 nitrogen and oxygen atoms in total. The van der Waals surface area contributed by atoms with Crippen LogP contribution in [0, 0.1) is 0 Å². The summed E-state index contributed by atoms with van der Waals surface area (Å²) in [6, 6.07) is 16.4. The van der Waals surface area contributed by atoms with Gasteiger partial charge in [0.25, 0.3) is 0 Å². The lowest BCUT2D eigenvalue weighted by atomic mass is 10.0. The monoisotopic (exact) mass is 437 g/mol. The van der Waals surface area contributed by atoms with Gasteiger partial charge in [-0.1, -0.05) is 24.3 Å². The topological polar surface area (TPSA) is 76.8 Å². The van der Waals surface area contributed by atoms with E-state index in [1.54, 1.807) is 25.4 Å². The first kappa shape index (κ1) is 21.0. The Balaban J connectivity index is 1.73. The van der Waals surface area contributed by atoms with Crippen molar-refractivity contribution < 1.29 is 18.7 Å². The van der Waals surface area contributed by atoms with Gasteiger partial charge in [-0.15, -0.1) is 0 Å². The molecule has 2 aromatic heterocycles. The second-order valence-electron chi connectivity index (χ2n) is 7.05. The molecule has 160 valence electrons. The summed E-state index contributed by atoms with van der Waals surface area (Å²) in [6.45, 7) is 1.12. The Bertz CT molecular complexity index is 1070. The first-order valence-electron chi connectivity index (χ1n) is 9.88. The van der Waals surface area contributed by atoms with E-state index in [1.165, 1.54) is 7.11 Å². The van der Waals surface area contributed by atoms with Crippen LogP contribution < -0.4 is 5.32 Å². The Hall–Kier alpha value is -3.23. The number of esters is 1. The van der Waals surface area contributed by atoms with Crippen molar-refractivity contribution in [3.63, 3.8) is 0 Å². The molecule has 0 saturated carbocycles. The van der Waals surface area contributed by atoms with Crippen molar-refractivity contribution in [2.75, 3.05) is 27.4 Å². The number of furan rings is 1. The minimum absolute atomic E-state index is 0.180. The number of carbonyl (C=O) groups excluding carboxylic acids is 1. The van der Waals surface area contributed by atoms with Crippen LogP contribution >= 0.6 is 12.2 Å². The fourth-order valence-electron chi connectivity index (χ4n) is 3.79. The zero-order valence-corrected chi connectivity index (χ0v) is 18.1. The number of hydrogen-bond donors (Lipinski definition) is 1. The zero-order valence-electron chi connectivity index (χ0n) is 17.3. The molecule has 1 aromatic carbocycles. The van der Waals surface area contributed by atoms with Crippen molar-refractivity contribution in [3.05, 3.63) is 77.8 Å². The lowest BCUT2D eigenvalue weighted by Crippen LogP contribution is -2.32.